The number of ether oxygens (including phenoxy) is 1. The highest BCUT2D eigenvalue weighted by Gasteiger charge is 2.55. The molecule has 1 saturated carbocycles. The van der Waals surface area contributed by atoms with Crippen molar-refractivity contribution >= 4 is 11.2 Å². The van der Waals surface area contributed by atoms with Gasteiger partial charge < -0.3 is 9.30 Å². The summed E-state index contributed by atoms with van der Waals surface area (Å²) in [6, 6.07) is 7.73. The highest BCUT2D eigenvalue weighted by molar-refractivity contribution is 5.71. The van der Waals surface area contributed by atoms with Crippen LogP contribution in [0.4, 0.5) is 8.78 Å². The van der Waals surface area contributed by atoms with Crippen molar-refractivity contribution in [3.05, 3.63) is 54.0 Å². The van der Waals surface area contributed by atoms with Gasteiger partial charge in [0, 0.05) is 32.3 Å². The Morgan fingerprint density at radius 1 is 1.11 bits per heavy atom. The zero-order chi connectivity index (χ0) is 18.5. The van der Waals surface area contributed by atoms with E-state index in [0.717, 1.165) is 36.6 Å². The van der Waals surface area contributed by atoms with Gasteiger partial charge in [-0.25, -0.2) is 18.7 Å². The lowest BCUT2D eigenvalue weighted by Crippen LogP contribution is -2.26. The van der Waals surface area contributed by atoms with Gasteiger partial charge >= 0.3 is 0 Å². The topological polar surface area (TPSA) is 43.2 Å². The molecular formula is C20H20F2N4O. The molecule has 0 spiro atoms. The molecule has 1 aliphatic carbocycles. The number of nitrogens with zero attached hydrogens (tertiary/aromatic N) is 4. The largest absolute Gasteiger partial charge is 0.487 e. The lowest BCUT2D eigenvalue weighted by atomic mass is 10.2. The second-order valence-corrected chi connectivity index (χ2v) is 7.48. The summed E-state index contributed by atoms with van der Waals surface area (Å²) in [5.74, 6) is 0.913. The number of pyridine rings is 1. The van der Waals surface area contributed by atoms with Gasteiger partial charge in [0.25, 0.3) is 0 Å². The van der Waals surface area contributed by atoms with Gasteiger partial charge in [0.15, 0.2) is 23.0 Å². The molecular weight excluding hydrogens is 350 g/mol. The molecule has 2 aliphatic rings. The Morgan fingerprint density at radius 3 is 2.56 bits per heavy atom. The first-order chi connectivity index (χ1) is 13.1. The van der Waals surface area contributed by atoms with Crippen LogP contribution >= 0.6 is 0 Å². The molecule has 0 N–H and O–H groups in total. The smallest absolute Gasteiger partial charge is 0.190 e. The summed E-state index contributed by atoms with van der Waals surface area (Å²) in [5.41, 5.74) is 1.81. The number of piperidine rings is 1. The number of hydrogen-bond acceptors (Lipinski definition) is 4. The van der Waals surface area contributed by atoms with Crippen LogP contribution in [0.2, 0.25) is 0 Å². The zero-order valence-corrected chi connectivity index (χ0v) is 15.0. The monoisotopic (exact) mass is 370 g/mol. The van der Waals surface area contributed by atoms with E-state index in [2.05, 4.69) is 19.4 Å². The Hall–Kier alpha value is -2.54. The fraction of sp³-hybridized carbons (Fsp3) is 0.400. The second kappa shape index (κ2) is 6.27. The number of aromatic nitrogens is 3. The van der Waals surface area contributed by atoms with Crippen LogP contribution in [-0.2, 0) is 13.6 Å². The summed E-state index contributed by atoms with van der Waals surface area (Å²) in [4.78, 5) is 11.3. The van der Waals surface area contributed by atoms with Crippen LogP contribution in [0.3, 0.4) is 0 Å². The zero-order valence-electron chi connectivity index (χ0n) is 15.0. The first-order valence-corrected chi connectivity index (χ1v) is 9.17. The van der Waals surface area contributed by atoms with E-state index >= 15 is 0 Å². The second-order valence-electron chi connectivity index (χ2n) is 7.48. The molecule has 1 saturated heterocycles. The summed E-state index contributed by atoms with van der Waals surface area (Å²) in [6.45, 7) is 3.09. The minimum atomic E-state index is -0.641. The number of halogens is 2. The summed E-state index contributed by atoms with van der Waals surface area (Å²) < 4.78 is 34.8. The van der Waals surface area contributed by atoms with Crippen molar-refractivity contribution in [2.75, 3.05) is 19.7 Å². The van der Waals surface area contributed by atoms with Crippen LogP contribution in [0.25, 0.3) is 11.2 Å². The predicted octanol–water partition coefficient (Wildman–Crippen LogP) is 3.00. The maximum atomic E-state index is 13.7. The molecule has 0 radical (unpaired) electrons. The van der Waals surface area contributed by atoms with Crippen molar-refractivity contribution in [3.8, 4) is 5.75 Å². The Bertz CT molecular complexity index is 973. The third-order valence-electron chi connectivity index (χ3n) is 5.90. The lowest BCUT2D eigenvalue weighted by molar-refractivity contribution is 0.216. The van der Waals surface area contributed by atoms with Crippen molar-refractivity contribution in [2.45, 2.75) is 6.54 Å². The Morgan fingerprint density at radius 2 is 1.85 bits per heavy atom. The molecule has 1 aromatic carbocycles. The van der Waals surface area contributed by atoms with Gasteiger partial charge in [-0.1, -0.05) is 6.07 Å². The number of para-hydroxylation sites is 1. The predicted molar refractivity (Wildman–Crippen MR) is 96.1 cm³/mol. The summed E-state index contributed by atoms with van der Waals surface area (Å²) in [6.07, 6.45) is 1.76. The molecule has 2 fully saturated rings. The number of aryl methyl sites for hydroxylation is 1. The van der Waals surface area contributed by atoms with Crippen LogP contribution < -0.4 is 4.74 Å². The summed E-state index contributed by atoms with van der Waals surface area (Å²) in [7, 11) is 2.02. The average molecular weight is 370 g/mol. The maximum absolute atomic E-state index is 13.7. The van der Waals surface area contributed by atoms with E-state index < -0.39 is 11.6 Å². The molecule has 3 aromatic rings. The van der Waals surface area contributed by atoms with Gasteiger partial charge in [0.05, 0.1) is 18.7 Å². The molecule has 1 unspecified atom stereocenters. The van der Waals surface area contributed by atoms with E-state index in [9.17, 15) is 8.78 Å². The van der Waals surface area contributed by atoms with Crippen LogP contribution in [0, 0.1) is 29.4 Å². The third kappa shape index (κ3) is 2.86. The van der Waals surface area contributed by atoms with Crippen molar-refractivity contribution in [3.63, 3.8) is 0 Å². The van der Waals surface area contributed by atoms with Crippen LogP contribution in [-0.4, -0.2) is 39.1 Å². The van der Waals surface area contributed by atoms with Crippen molar-refractivity contribution < 1.29 is 13.5 Å². The standard InChI is InChI=1S/C20H20F2N4O/c1-25-17-6-3-7-23-20(17)24-18(25)10-26-8-12-13(9-26)14(12)11-27-19-15(21)4-2-5-16(19)22/h2-7,12-14H,8-11H2,1H3/t12-,13+,14?. The minimum absolute atomic E-state index is 0.258. The minimum Gasteiger partial charge on any atom is -0.487 e. The van der Waals surface area contributed by atoms with Crippen molar-refractivity contribution in [1.29, 1.82) is 0 Å². The molecule has 2 aromatic heterocycles. The van der Waals surface area contributed by atoms with Gasteiger partial charge in [0.2, 0.25) is 0 Å². The lowest BCUT2D eigenvalue weighted by Gasteiger charge is -2.19. The molecule has 3 atom stereocenters. The summed E-state index contributed by atoms with van der Waals surface area (Å²) in [5, 5.41) is 0. The maximum Gasteiger partial charge on any atom is 0.190 e. The first-order valence-electron chi connectivity index (χ1n) is 9.17. The molecule has 7 heteroatoms. The van der Waals surface area contributed by atoms with E-state index in [-0.39, 0.29) is 5.75 Å². The molecule has 0 amide bonds. The molecule has 0 bridgehead atoms. The van der Waals surface area contributed by atoms with Gasteiger partial charge in [-0.05, 0) is 36.1 Å². The summed E-state index contributed by atoms with van der Waals surface area (Å²) >= 11 is 0. The van der Waals surface area contributed by atoms with Crippen molar-refractivity contribution in [2.24, 2.45) is 24.8 Å². The molecule has 27 heavy (non-hydrogen) atoms. The molecule has 3 heterocycles. The number of rotatable bonds is 5. The van der Waals surface area contributed by atoms with E-state index in [0.29, 0.717) is 24.4 Å². The highest BCUT2D eigenvalue weighted by Crippen LogP contribution is 2.52. The number of hydrogen-bond donors (Lipinski definition) is 0. The Balaban J connectivity index is 1.18. The van der Waals surface area contributed by atoms with E-state index in [1.165, 1.54) is 18.2 Å². The third-order valence-corrected chi connectivity index (χ3v) is 5.90. The average Bonchev–Trinajstić information content (AvgIpc) is 2.98. The van der Waals surface area contributed by atoms with Gasteiger partial charge in [-0.2, -0.15) is 0 Å². The van der Waals surface area contributed by atoms with Gasteiger partial charge in [0.1, 0.15) is 5.82 Å². The van der Waals surface area contributed by atoms with E-state index in [1.807, 2.05) is 19.2 Å². The number of benzene rings is 1. The molecule has 5 nitrogen and oxygen atoms in total. The normalized spacial score (nSPS) is 24.3. The number of likely N-dealkylation sites (tertiary alicyclic amines) is 1. The SMILES string of the molecule is Cn1c(CN2C[C@@H]3C(COc4c(F)cccc4F)[C@@H]3C2)nc2ncccc21. The van der Waals surface area contributed by atoms with Crippen molar-refractivity contribution in [1.82, 2.24) is 19.4 Å². The van der Waals surface area contributed by atoms with E-state index in [4.69, 9.17) is 4.74 Å². The molecule has 1 aliphatic heterocycles. The van der Waals surface area contributed by atoms with Crippen LogP contribution in [0.1, 0.15) is 5.82 Å². The molecule has 140 valence electrons. The number of imidazole rings is 1. The fourth-order valence-corrected chi connectivity index (χ4v) is 4.33. The van der Waals surface area contributed by atoms with Crippen LogP contribution in [0.15, 0.2) is 36.5 Å². The quantitative estimate of drug-likeness (QED) is 0.693. The number of fused-ring (bicyclic) bond motifs is 2. The van der Waals surface area contributed by atoms with Crippen LogP contribution in [0.5, 0.6) is 5.75 Å². The fourth-order valence-electron chi connectivity index (χ4n) is 4.33. The molecule has 5 rings (SSSR count). The Kier molecular flexibility index (Phi) is 3.86. The highest BCUT2D eigenvalue weighted by atomic mass is 19.1. The van der Waals surface area contributed by atoms with Gasteiger partial charge in [-0.3, -0.25) is 4.90 Å². The van der Waals surface area contributed by atoms with E-state index in [1.54, 1.807) is 6.20 Å². The first kappa shape index (κ1) is 16.6. The Labute approximate surface area is 155 Å². The van der Waals surface area contributed by atoms with Gasteiger partial charge in [-0.15, -0.1) is 0 Å².